The van der Waals surface area contributed by atoms with Gasteiger partial charge in [-0.15, -0.1) is 0 Å². The second-order valence-corrected chi connectivity index (χ2v) is 5.69. The number of amides is 1. The smallest absolute Gasteiger partial charge is 0.328 e. The molecule has 1 N–H and O–H groups in total. The molecule has 1 aromatic carbocycles. The van der Waals surface area contributed by atoms with Gasteiger partial charge in [-0.3, -0.25) is 4.79 Å². The summed E-state index contributed by atoms with van der Waals surface area (Å²) in [6.45, 7) is 8.37. The molecule has 1 rings (SSSR count). The van der Waals surface area contributed by atoms with Crippen molar-refractivity contribution in [1.29, 1.82) is 0 Å². The zero-order valence-electron chi connectivity index (χ0n) is 12.4. The van der Waals surface area contributed by atoms with Gasteiger partial charge in [-0.05, 0) is 52.3 Å². The number of carbonyl (C=O) groups excluding carboxylic acids is 2. The maximum absolute atomic E-state index is 13.4. The minimum absolute atomic E-state index is 0.170. The van der Waals surface area contributed by atoms with Crippen LogP contribution in [0.1, 0.15) is 43.6 Å². The Balaban J connectivity index is 2.70. The summed E-state index contributed by atoms with van der Waals surface area (Å²) in [5.74, 6) is -1.50. The highest BCUT2D eigenvalue weighted by Crippen LogP contribution is 2.11. The summed E-state index contributed by atoms with van der Waals surface area (Å²) in [6, 6.07) is 3.37. The minimum atomic E-state index is -0.800. The van der Waals surface area contributed by atoms with Crippen molar-refractivity contribution in [3.05, 3.63) is 35.1 Å². The number of esters is 1. The number of hydrogen-bond donors (Lipinski definition) is 1. The Kier molecular flexibility index (Phi) is 4.87. The number of ether oxygens (including phenoxy) is 1. The first-order valence-corrected chi connectivity index (χ1v) is 6.40. The van der Waals surface area contributed by atoms with Crippen molar-refractivity contribution in [2.24, 2.45) is 0 Å². The fourth-order valence-corrected chi connectivity index (χ4v) is 1.46. The average molecular weight is 281 g/mol. The molecule has 1 atom stereocenters. The van der Waals surface area contributed by atoms with Crippen LogP contribution in [0.5, 0.6) is 0 Å². The number of halogens is 1. The van der Waals surface area contributed by atoms with E-state index in [9.17, 15) is 14.0 Å². The van der Waals surface area contributed by atoms with Crippen molar-refractivity contribution in [3.63, 3.8) is 0 Å². The molecule has 0 fully saturated rings. The topological polar surface area (TPSA) is 55.4 Å². The third-order valence-electron chi connectivity index (χ3n) is 2.54. The van der Waals surface area contributed by atoms with E-state index < -0.39 is 29.3 Å². The number of carbonyl (C=O) groups is 2. The Labute approximate surface area is 118 Å². The largest absolute Gasteiger partial charge is 0.458 e. The van der Waals surface area contributed by atoms with E-state index in [1.54, 1.807) is 27.7 Å². The van der Waals surface area contributed by atoms with E-state index in [0.717, 1.165) is 6.07 Å². The van der Waals surface area contributed by atoms with Gasteiger partial charge >= 0.3 is 5.97 Å². The van der Waals surface area contributed by atoms with Gasteiger partial charge in [0.1, 0.15) is 17.5 Å². The molecule has 0 aliphatic rings. The number of benzene rings is 1. The molecule has 0 aliphatic carbocycles. The lowest BCUT2D eigenvalue weighted by Crippen LogP contribution is -2.42. The van der Waals surface area contributed by atoms with Crippen LogP contribution < -0.4 is 5.32 Å². The van der Waals surface area contributed by atoms with Crippen molar-refractivity contribution in [3.8, 4) is 0 Å². The molecule has 0 spiro atoms. The second kappa shape index (κ2) is 6.03. The van der Waals surface area contributed by atoms with Crippen LogP contribution in [-0.2, 0) is 9.53 Å². The lowest BCUT2D eigenvalue weighted by molar-refractivity contribution is -0.156. The van der Waals surface area contributed by atoms with E-state index in [0.29, 0.717) is 5.56 Å². The lowest BCUT2D eigenvalue weighted by atomic mass is 10.1. The first-order chi connectivity index (χ1) is 9.10. The molecule has 1 aromatic rings. The van der Waals surface area contributed by atoms with E-state index in [2.05, 4.69) is 5.32 Å². The molecule has 0 saturated heterocycles. The van der Waals surface area contributed by atoms with E-state index in [-0.39, 0.29) is 5.56 Å². The van der Waals surface area contributed by atoms with Crippen molar-refractivity contribution < 1.29 is 18.7 Å². The van der Waals surface area contributed by atoms with Crippen LogP contribution in [0.2, 0.25) is 0 Å². The predicted octanol–water partition coefficient (Wildman–Crippen LogP) is 2.59. The molecule has 0 heterocycles. The Hall–Kier alpha value is -1.91. The zero-order chi connectivity index (χ0) is 15.5. The third kappa shape index (κ3) is 4.64. The molecule has 20 heavy (non-hydrogen) atoms. The Morgan fingerprint density at radius 1 is 1.30 bits per heavy atom. The van der Waals surface area contributed by atoms with Crippen LogP contribution >= 0.6 is 0 Å². The number of nitrogens with one attached hydrogen (secondary N) is 1. The standard InChI is InChI=1S/C15H20FNO3/c1-9-6-7-11(8-12(9)16)13(18)17-10(2)14(19)20-15(3,4)5/h6-8,10H,1-5H3,(H,17,18)/t10-/m1/s1. The van der Waals surface area contributed by atoms with Gasteiger partial charge in [0.15, 0.2) is 0 Å². The van der Waals surface area contributed by atoms with Crippen LogP contribution in [0.4, 0.5) is 4.39 Å². The summed E-state index contributed by atoms with van der Waals surface area (Å²) < 4.78 is 18.5. The highest BCUT2D eigenvalue weighted by molar-refractivity contribution is 5.96. The summed E-state index contributed by atoms with van der Waals surface area (Å²) >= 11 is 0. The third-order valence-corrected chi connectivity index (χ3v) is 2.54. The summed E-state index contributed by atoms with van der Waals surface area (Å²) in [5.41, 5.74) is 0.0109. The second-order valence-electron chi connectivity index (χ2n) is 5.69. The van der Waals surface area contributed by atoms with E-state index in [1.807, 2.05) is 0 Å². The zero-order valence-corrected chi connectivity index (χ0v) is 12.4. The summed E-state index contributed by atoms with van der Waals surface area (Å²) in [6.07, 6.45) is 0. The molecule has 1 amide bonds. The average Bonchev–Trinajstić information content (AvgIpc) is 2.30. The van der Waals surface area contributed by atoms with Gasteiger partial charge in [0, 0.05) is 5.56 Å². The van der Waals surface area contributed by atoms with Crippen molar-refractivity contribution in [1.82, 2.24) is 5.32 Å². The molecule has 0 saturated carbocycles. The monoisotopic (exact) mass is 281 g/mol. The maximum atomic E-state index is 13.4. The fourth-order valence-electron chi connectivity index (χ4n) is 1.46. The molecule has 0 radical (unpaired) electrons. The van der Waals surface area contributed by atoms with Crippen LogP contribution in [-0.4, -0.2) is 23.5 Å². The van der Waals surface area contributed by atoms with E-state index in [1.165, 1.54) is 19.1 Å². The van der Waals surface area contributed by atoms with Crippen molar-refractivity contribution in [2.75, 3.05) is 0 Å². The van der Waals surface area contributed by atoms with Gasteiger partial charge in [-0.1, -0.05) is 6.07 Å². The highest BCUT2D eigenvalue weighted by Gasteiger charge is 2.23. The van der Waals surface area contributed by atoms with Crippen LogP contribution in [0.25, 0.3) is 0 Å². The Morgan fingerprint density at radius 3 is 2.40 bits per heavy atom. The van der Waals surface area contributed by atoms with Gasteiger partial charge in [0.2, 0.25) is 0 Å². The molecule has 4 nitrogen and oxygen atoms in total. The molecule has 0 aliphatic heterocycles. The van der Waals surface area contributed by atoms with E-state index >= 15 is 0 Å². The number of rotatable bonds is 3. The maximum Gasteiger partial charge on any atom is 0.328 e. The molecule has 0 unspecified atom stereocenters. The Morgan fingerprint density at radius 2 is 1.90 bits per heavy atom. The minimum Gasteiger partial charge on any atom is -0.458 e. The van der Waals surface area contributed by atoms with E-state index in [4.69, 9.17) is 4.74 Å². The normalized spacial score (nSPS) is 12.7. The molecular weight excluding hydrogens is 261 g/mol. The first-order valence-electron chi connectivity index (χ1n) is 6.40. The van der Waals surface area contributed by atoms with Crippen LogP contribution in [0, 0.1) is 12.7 Å². The predicted molar refractivity (Wildman–Crippen MR) is 73.9 cm³/mol. The molecular formula is C15H20FNO3. The number of hydrogen-bond acceptors (Lipinski definition) is 3. The van der Waals surface area contributed by atoms with Gasteiger partial charge in [-0.2, -0.15) is 0 Å². The molecule has 5 heteroatoms. The SMILES string of the molecule is Cc1ccc(C(=O)N[C@H](C)C(=O)OC(C)(C)C)cc1F. The van der Waals surface area contributed by atoms with Crippen LogP contribution in [0.3, 0.4) is 0 Å². The number of aryl methyl sites for hydroxylation is 1. The van der Waals surface area contributed by atoms with Crippen LogP contribution in [0.15, 0.2) is 18.2 Å². The van der Waals surface area contributed by atoms with Gasteiger partial charge in [-0.25, -0.2) is 9.18 Å². The van der Waals surface area contributed by atoms with Gasteiger partial charge in [0.05, 0.1) is 0 Å². The van der Waals surface area contributed by atoms with Gasteiger partial charge in [0.25, 0.3) is 5.91 Å². The summed E-state index contributed by atoms with van der Waals surface area (Å²) in [7, 11) is 0. The molecule has 0 bridgehead atoms. The molecule has 110 valence electrons. The first kappa shape index (κ1) is 16.1. The quantitative estimate of drug-likeness (QED) is 0.866. The lowest BCUT2D eigenvalue weighted by Gasteiger charge is -2.22. The van der Waals surface area contributed by atoms with Crippen molar-refractivity contribution >= 4 is 11.9 Å². The van der Waals surface area contributed by atoms with Crippen molar-refractivity contribution in [2.45, 2.75) is 46.3 Å². The fraction of sp³-hybridized carbons (Fsp3) is 0.467. The molecule has 0 aromatic heterocycles. The van der Waals surface area contributed by atoms with Gasteiger partial charge < -0.3 is 10.1 Å². The Bertz CT molecular complexity index is 520. The highest BCUT2D eigenvalue weighted by atomic mass is 19.1. The summed E-state index contributed by atoms with van der Waals surface area (Å²) in [4.78, 5) is 23.6. The summed E-state index contributed by atoms with van der Waals surface area (Å²) in [5, 5.41) is 2.49.